The van der Waals surface area contributed by atoms with E-state index in [9.17, 15) is 0 Å². The van der Waals surface area contributed by atoms with Crippen LogP contribution in [0, 0.1) is 0 Å². The number of hydrogen-bond acceptors (Lipinski definition) is 2. The minimum absolute atomic E-state index is 0.330. The van der Waals surface area contributed by atoms with Gasteiger partial charge in [-0.1, -0.05) is 13.8 Å². The zero-order valence-corrected chi connectivity index (χ0v) is 10.9. The molecule has 2 nitrogen and oxygen atoms in total. The van der Waals surface area contributed by atoms with Crippen LogP contribution in [-0.4, -0.2) is 36.6 Å². The van der Waals surface area contributed by atoms with Crippen molar-refractivity contribution in [1.82, 2.24) is 10.2 Å². The highest BCUT2D eigenvalue weighted by Gasteiger charge is 2.20. The molecule has 0 amide bonds. The van der Waals surface area contributed by atoms with Crippen molar-refractivity contribution in [2.24, 2.45) is 0 Å². The first-order valence-electron chi connectivity index (χ1n) is 5.88. The molecule has 1 N–H and O–H groups in total. The van der Waals surface area contributed by atoms with Gasteiger partial charge in [-0.2, -0.15) is 0 Å². The minimum atomic E-state index is 0.330. The highest BCUT2D eigenvalue weighted by Crippen LogP contribution is 2.15. The van der Waals surface area contributed by atoms with Gasteiger partial charge < -0.3 is 5.32 Å². The number of nitrogens with zero attached hydrogens (tertiary/aromatic N) is 1. The zero-order chi connectivity index (χ0) is 11.2. The Kier molecular flexibility index (Phi) is 6.38. The molecule has 0 aliphatic carbocycles. The van der Waals surface area contributed by atoms with Gasteiger partial charge in [0.2, 0.25) is 0 Å². The van der Waals surface area contributed by atoms with E-state index >= 15 is 0 Å². The summed E-state index contributed by atoms with van der Waals surface area (Å²) >= 11 is 0. The van der Waals surface area contributed by atoms with Crippen molar-refractivity contribution >= 4 is 0 Å². The van der Waals surface area contributed by atoms with Gasteiger partial charge in [-0.3, -0.25) is 4.90 Å². The van der Waals surface area contributed by atoms with Gasteiger partial charge in [0, 0.05) is 24.7 Å². The Morgan fingerprint density at radius 3 is 2.29 bits per heavy atom. The summed E-state index contributed by atoms with van der Waals surface area (Å²) in [6.45, 7) is 13.5. The average molecular weight is 200 g/mol. The summed E-state index contributed by atoms with van der Waals surface area (Å²) in [7, 11) is 2.21. The first-order chi connectivity index (χ1) is 6.44. The fourth-order valence-electron chi connectivity index (χ4n) is 1.20. The van der Waals surface area contributed by atoms with Crippen molar-refractivity contribution in [3.05, 3.63) is 0 Å². The van der Waals surface area contributed by atoms with Crippen LogP contribution in [0.15, 0.2) is 0 Å². The molecule has 0 aromatic carbocycles. The lowest BCUT2D eigenvalue weighted by atomic mass is 10.0. The lowest BCUT2D eigenvalue weighted by Crippen LogP contribution is -2.44. The molecule has 0 radical (unpaired) electrons. The largest absolute Gasteiger partial charge is 0.313 e. The second-order valence-corrected chi connectivity index (χ2v) is 4.85. The smallest absolute Gasteiger partial charge is 0.0148 e. The van der Waals surface area contributed by atoms with Gasteiger partial charge in [0.1, 0.15) is 0 Å². The molecule has 0 aromatic heterocycles. The van der Waals surface area contributed by atoms with E-state index in [4.69, 9.17) is 0 Å². The molecule has 0 rings (SSSR count). The highest BCUT2D eigenvalue weighted by molar-refractivity contribution is 4.77. The fourth-order valence-corrected chi connectivity index (χ4v) is 1.20. The number of hydrogen-bond donors (Lipinski definition) is 1. The van der Waals surface area contributed by atoms with Crippen LogP contribution < -0.4 is 5.32 Å². The highest BCUT2D eigenvalue weighted by atomic mass is 15.2. The normalized spacial score (nSPS) is 14.8. The topological polar surface area (TPSA) is 15.3 Å². The van der Waals surface area contributed by atoms with E-state index in [-0.39, 0.29) is 0 Å². The monoisotopic (exact) mass is 200 g/mol. The zero-order valence-electron chi connectivity index (χ0n) is 10.9. The maximum atomic E-state index is 3.52. The Labute approximate surface area is 90.1 Å². The van der Waals surface area contributed by atoms with Crippen LogP contribution >= 0.6 is 0 Å². The summed E-state index contributed by atoms with van der Waals surface area (Å²) in [6.07, 6.45) is 2.41. The molecule has 14 heavy (non-hydrogen) atoms. The summed E-state index contributed by atoms with van der Waals surface area (Å²) in [5.74, 6) is 0. The summed E-state index contributed by atoms with van der Waals surface area (Å²) in [5, 5.41) is 3.52. The molecule has 0 saturated heterocycles. The van der Waals surface area contributed by atoms with Gasteiger partial charge in [0.15, 0.2) is 0 Å². The fraction of sp³-hybridized carbons (Fsp3) is 1.00. The third-order valence-electron chi connectivity index (χ3n) is 3.45. The first-order valence-corrected chi connectivity index (χ1v) is 5.88. The van der Waals surface area contributed by atoms with Gasteiger partial charge in [-0.25, -0.2) is 0 Å². The third-order valence-corrected chi connectivity index (χ3v) is 3.45. The second kappa shape index (κ2) is 6.41. The van der Waals surface area contributed by atoms with E-state index in [0.29, 0.717) is 11.6 Å². The molecule has 0 aromatic rings. The molecule has 0 saturated carbocycles. The Morgan fingerprint density at radius 2 is 1.86 bits per heavy atom. The summed E-state index contributed by atoms with van der Waals surface area (Å²) < 4.78 is 0. The lowest BCUT2D eigenvalue weighted by Gasteiger charge is -2.35. The Bertz CT molecular complexity index is 143. The van der Waals surface area contributed by atoms with Crippen LogP contribution in [0.2, 0.25) is 0 Å². The maximum absolute atomic E-state index is 3.52. The molecule has 86 valence electrons. The molecule has 1 unspecified atom stereocenters. The van der Waals surface area contributed by atoms with E-state index in [1.54, 1.807) is 0 Å². The van der Waals surface area contributed by atoms with Crippen molar-refractivity contribution in [3.8, 4) is 0 Å². The Balaban J connectivity index is 3.69. The third kappa shape index (κ3) is 4.97. The molecule has 0 spiro atoms. The van der Waals surface area contributed by atoms with Crippen molar-refractivity contribution in [1.29, 1.82) is 0 Å². The molecule has 1 atom stereocenters. The quantitative estimate of drug-likeness (QED) is 0.679. The molecule has 0 fully saturated rings. The molecule has 0 aliphatic heterocycles. The standard InChI is InChI=1S/C12H28N2/c1-7-11(3)13-9-10-14(6)12(4,5)8-2/h11,13H,7-10H2,1-6H3. The van der Waals surface area contributed by atoms with Crippen molar-refractivity contribution < 1.29 is 0 Å². The molecular formula is C12H28N2. The van der Waals surface area contributed by atoms with Crippen LogP contribution in [-0.2, 0) is 0 Å². The van der Waals surface area contributed by atoms with Gasteiger partial charge in [-0.15, -0.1) is 0 Å². The van der Waals surface area contributed by atoms with Crippen LogP contribution in [0.4, 0.5) is 0 Å². The van der Waals surface area contributed by atoms with Crippen LogP contribution in [0.5, 0.6) is 0 Å². The summed E-state index contributed by atoms with van der Waals surface area (Å²) in [6, 6.07) is 0.646. The molecule has 0 aliphatic rings. The number of likely N-dealkylation sites (N-methyl/N-ethyl adjacent to an activating group) is 1. The predicted octanol–water partition coefficient (Wildman–Crippen LogP) is 2.49. The van der Waals surface area contributed by atoms with E-state index in [1.165, 1.54) is 12.8 Å². The van der Waals surface area contributed by atoms with E-state index in [2.05, 4.69) is 51.9 Å². The molecule has 0 bridgehead atoms. The average Bonchev–Trinajstić information content (AvgIpc) is 2.17. The Hall–Kier alpha value is -0.0800. The molecular weight excluding hydrogens is 172 g/mol. The van der Waals surface area contributed by atoms with Gasteiger partial charge in [0.25, 0.3) is 0 Å². The number of nitrogens with one attached hydrogen (secondary N) is 1. The van der Waals surface area contributed by atoms with Gasteiger partial charge in [0.05, 0.1) is 0 Å². The van der Waals surface area contributed by atoms with Crippen LogP contribution in [0.3, 0.4) is 0 Å². The van der Waals surface area contributed by atoms with Crippen molar-refractivity contribution in [2.45, 2.75) is 59.0 Å². The first kappa shape index (κ1) is 13.9. The van der Waals surface area contributed by atoms with E-state index < -0.39 is 0 Å². The lowest BCUT2D eigenvalue weighted by molar-refractivity contribution is 0.151. The Morgan fingerprint density at radius 1 is 1.29 bits per heavy atom. The molecule has 2 heteroatoms. The summed E-state index contributed by atoms with van der Waals surface area (Å²) in [4.78, 5) is 2.43. The predicted molar refractivity (Wildman–Crippen MR) is 64.8 cm³/mol. The van der Waals surface area contributed by atoms with E-state index in [0.717, 1.165) is 13.1 Å². The number of rotatable bonds is 7. The minimum Gasteiger partial charge on any atom is -0.313 e. The van der Waals surface area contributed by atoms with Crippen molar-refractivity contribution in [3.63, 3.8) is 0 Å². The molecule has 0 heterocycles. The van der Waals surface area contributed by atoms with Gasteiger partial charge in [-0.05, 0) is 40.7 Å². The SMILES string of the molecule is CCC(C)NCCN(C)C(C)(C)CC. The van der Waals surface area contributed by atoms with Crippen LogP contribution in [0.25, 0.3) is 0 Å². The van der Waals surface area contributed by atoms with Gasteiger partial charge >= 0.3 is 0 Å². The van der Waals surface area contributed by atoms with Crippen LogP contribution in [0.1, 0.15) is 47.5 Å². The van der Waals surface area contributed by atoms with Crippen molar-refractivity contribution in [2.75, 3.05) is 20.1 Å². The maximum Gasteiger partial charge on any atom is 0.0148 e. The second-order valence-electron chi connectivity index (χ2n) is 4.85. The summed E-state index contributed by atoms with van der Waals surface area (Å²) in [5.41, 5.74) is 0.330. The van der Waals surface area contributed by atoms with E-state index in [1.807, 2.05) is 0 Å².